The second-order valence-electron chi connectivity index (χ2n) is 4.92. The first-order valence-electron chi connectivity index (χ1n) is 6.95. The van der Waals surface area contributed by atoms with E-state index in [4.69, 9.17) is 0 Å². The molecule has 1 aliphatic rings. The molecule has 2 atom stereocenters. The molecule has 0 spiro atoms. The third-order valence-corrected chi connectivity index (χ3v) is 3.68. The summed E-state index contributed by atoms with van der Waals surface area (Å²) in [6, 6.07) is 11.0. The van der Waals surface area contributed by atoms with Gasteiger partial charge < -0.3 is 5.11 Å². The number of hydrogen-bond donors (Lipinski definition) is 1. The van der Waals surface area contributed by atoms with Crippen LogP contribution in [0.15, 0.2) is 42.5 Å². The average Bonchev–Trinajstić information content (AvgIpc) is 2.43. The zero-order valence-electron chi connectivity index (χ0n) is 11.1. The molecule has 1 aliphatic heterocycles. The Morgan fingerprint density at radius 2 is 2.11 bits per heavy atom. The van der Waals surface area contributed by atoms with Crippen LogP contribution in [0.5, 0.6) is 0 Å². The molecule has 0 bridgehead atoms. The standard InChI is InChI=1S/C16H23NO/c1-2-8-15-11-6-7-12-17(15)16(13-18)14-9-4-3-5-10-14/h3-6,9-11,15-16,18H,2,7-8,12-13H2,1H3/t15-,16+/m1/s1. The molecule has 1 aromatic carbocycles. The quantitative estimate of drug-likeness (QED) is 0.806. The van der Waals surface area contributed by atoms with Crippen LogP contribution in [0.2, 0.25) is 0 Å². The minimum Gasteiger partial charge on any atom is -0.394 e. The van der Waals surface area contributed by atoms with Crippen molar-refractivity contribution < 1.29 is 5.11 Å². The lowest BCUT2D eigenvalue weighted by atomic mass is 9.98. The Bertz CT molecular complexity index is 374. The van der Waals surface area contributed by atoms with Gasteiger partial charge in [-0.15, -0.1) is 0 Å². The number of benzene rings is 1. The Labute approximate surface area is 110 Å². The SMILES string of the molecule is CCC[C@@H]1C=CCCN1[C@@H](CO)c1ccccc1. The second-order valence-corrected chi connectivity index (χ2v) is 4.92. The van der Waals surface area contributed by atoms with E-state index in [0.717, 1.165) is 13.0 Å². The van der Waals surface area contributed by atoms with Gasteiger partial charge in [-0.1, -0.05) is 55.8 Å². The van der Waals surface area contributed by atoms with Crippen LogP contribution >= 0.6 is 0 Å². The normalized spacial score (nSPS) is 22.0. The highest BCUT2D eigenvalue weighted by molar-refractivity contribution is 5.20. The van der Waals surface area contributed by atoms with Gasteiger partial charge in [0.1, 0.15) is 0 Å². The van der Waals surface area contributed by atoms with Gasteiger partial charge in [-0.3, -0.25) is 4.90 Å². The molecule has 98 valence electrons. The molecule has 0 saturated heterocycles. The molecular weight excluding hydrogens is 222 g/mol. The third kappa shape index (κ3) is 3.01. The van der Waals surface area contributed by atoms with Crippen LogP contribution in [0.25, 0.3) is 0 Å². The van der Waals surface area contributed by atoms with Gasteiger partial charge in [0.15, 0.2) is 0 Å². The maximum absolute atomic E-state index is 9.75. The van der Waals surface area contributed by atoms with Crippen molar-refractivity contribution in [1.29, 1.82) is 0 Å². The summed E-state index contributed by atoms with van der Waals surface area (Å²) >= 11 is 0. The minimum absolute atomic E-state index is 0.132. The number of rotatable bonds is 5. The summed E-state index contributed by atoms with van der Waals surface area (Å²) < 4.78 is 0. The van der Waals surface area contributed by atoms with Crippen molar-refractivity contribution in [1.82, 2.24) is 4.90 Å². The molecule has 1 heterocycles. The lowest BCUT2D eigenvalue weighted by Crippen LogP contribution is -2.41. The summed E-state index contributed by atoms with van der Waals surface area (Å²) in [6.07, 6.45) is 8.01. The van der Waals surface area contributed by atoms with E-state index < -0.39 is 0 Å². The number of aliphatic hydroxyl groups excluding tert-OH is 1. The van der Waals surface area contributed by atoms with Crippen LogP contribution in [0.4, 0.5) is 0 Å². The van der Waals surface area contributed by atoms with Crippen molar-refractivity contribution in [3.8, 4) is 0 Å². The first-order chi connectivity index (χ1) is 8.86. The Kier molecular flexibility index (Phi) is 4.97. The van der Waals surface area contributed by atoms with E-state index in [0.29, 0.717) is 6.04 Å². The van der Waals surface area contributed by atoms with Crippen LogP contribution in [0.1, 0.15) is 37.8 Å². The van der Waals surface area contributed by atoms with Crippen LogP contribution < -0.4 is 0 Å². The van der Waals surface area contributed by atoms with Crippen molar-refractivity contribution >= 4 is 0 Å². The molecule has 18 heavy (non-hydrogen) atoms. The first kappa shape index (κ1) is 13.3. The van der Waals surface area contributed by atoms with Gasteiger partial charge in [0, 0.05) is 12.6 Å². The summed E-state index contributed by atoms with van der Waals surface area (Å²) in [5.74, 6) is 0. The van der Waals surface area contributed by atoms with E-state index in [-0.39, 0.29) is 12.6 Å². The van der Waals surface area contributed by atoms with E-state index in [9.17, 15) is 5.11 Å². The van der Waals surface area contributed by atoms with Gasteiger partial charge in [-0.25, -0.2) is 0 Å². The lowest BCUT2D eigenvalue weighted by Gasteiger charge is -2.38. The van der Waals surface area contributed by atoms with Crippen molar-refractivity contribution in [2.45, 2.75) is 38.3 Å². The molecule has 0 amide bonds. The molecule has 2 nitrogen and oxygen atoms in total. The lowest BCUT2D eigenvalue weighted by molar-refractivity contribution is 0.0922. The molecule has 0 fully saturated rings. The Hall–Kier alpha value is -1.12. The topological polar surface area (TPSA) is 23.5 Å². The van der Waals surface area contributed by atoms with E-state index in [2.05, 4.69) is 36.1 Å². The van der Waals surface area contributed by atoms with Crippen molar-refractivity contribution in [2.24, 2.45) is 0 Å². The zero-order valence-corrected chi connectivity index (χ0v) is 11.1. The van der Waals surface area contributed by atoms with Gasteiger partial charge in [0.25, 0.3) is 0 Å². The smallest absolute Gasteiger partial charge is 0.0628 e. The summed E-state index contributed by atoms with van der Waals surface area (Å²) in [7, 11) is 0. The van der Waals surface area contributed by atoms with Gasteiger partial charge in [0.05, 0.1) is 12.6 Å². The highest BCUT2D eigenvalue weighted by atomic mass is 16.3. The maximum Gasteiger partial charge on any atom is 0.0628 e. The van der Waals surface area contributed by atoms with Gasteiger partial charge in [-0.05, 0) is 18.4 Å². The molecule has 2 heteroatoms. The highest BCUT2D eigenvalue weighted by Crippen LogP contribution is 2.27. The minimum atomic E-state index is 0.132. The van der Waals surface area contributed by atoms with E-state index in [1.54, 1.807) is 0 Å². The van der Waals surface area contributed by atoms with Crippen molar-refractivity contribution in [3.05, 3.63) is 48.0 Å². The largest absolute Gasteiger partial charge is 0.394 e. The Morgan fingerprint density at radius 3 is 2.78 bits per heavy atom. The number of nitrogens with zero attached hydrogens (tertiary/aromatic N) is 1. The van der Waals surface area contributed by atoms with E-state index in [1.807, 2.05) is 18.2 Å². The van der Waals surface area contributed by atoms with Crippen LogP contribution in [-0.4, -0.2) is 29.2 Å². The Balaban J connectivity index is 2.18. The predicted octanol–water partition coefficient (Wildman–Crippen LogP) is 3.15. The summed E-state index contributed by atoms with van der Waals surface area (Å²) in [5.41, 5.74) is 1.22. The fraction of sp³-hybridized carbons (Fsp3) is 0.500. The second kappa shape index (κ2) is 6.72. The van der Waals surface area contributed by atoms with Crippen LogP contribution in [-0.2, 0) is 0 Å². The van der Waals surface area contributed by atoms with Crippen LogP contribution in [0.3, 0.4) is 0 Å². The fourth-order valence-electron chi connectivity index (χ4n) is 2.78. The monoisotopic (exact) mass is 245 g/mol. The predicted molar refractivity (Wildman–Crippen MR) is 75.4 cm³/mol. The fourth-order valence-corrected chi connectivity index (χ4v) is 2.78. The molecule has 0 aliphatic carbocycles. The summed E-state index contributed by atoms with van der Waals surface area (Å²) in [5, 5.41) is 9.75. The molecule has 1 aromatic rings. The van der Waals surface area contributed by atoms with Crippen LogP contribution in [0, 0.1) is 0 Å². The molecule has 0 aromatic heterocycles. The van der Waals surface area contributed by atoms with E-state index >= 15 is 0 Å². The average molecular weight is 245 g/mol. The van der Waals surface area contributed by atoms with Crippen molar-refractivity contribution in [2.75, 3.05) is 13.2 Å². The summed E-state index contributed by atoms with van der Waals surface area (Å²) in [4.78, 5) is 2.44. The molecule has 2 rings (SSSR count). The molecule has 1 N–H and O–H groups in total. The molecule has 0 saturated carbocycles. The zero-order chi connectivity index (χ0) is 12.8. The van der Waals surface area contributed by atoms with Gasteiger partial charge >= 0.3 is 0 Å². The highest BCUT2D eigenvalue weighted by Gasteiger charge is 2.26. The molecule has 0 unspecified atom stereocenters. The number of hydrogen-bond acceptors (Lipinski definition) is 2. The van der Waals surface area contributed by atoms with Gasteiger partial charge in [-0.2, -0.15) is 0 Å². The maximum atomic E-state index is 9.75. The number of aliphatic hydroxyl groups is 1. The Morgan fingerprint density at radius 1 is 1.33 bits per heavy atom. The summed E-state index contributed by atoms with van der Waals surface area (Å²) in [6.45, 7) is 3.45. The molecular formula is C16H23NO. The molecule has 0 radical (unpaired) electrons. The van der Waals surface area contributed by atoms with E-state index in [1.165, 1.54) is 18.4 Å². The third-order valence-electron chi connectivity index (χ3n) is 3.68. The van der Waals surface area contributed by atoms with Crippen molar-refractivity contribution in [3.63, 3.8) is 0 Å². The first-order valence-corrected chi connectivity index (χ1v) is 6.95. The van der Waals surface area contributed by atoms with Gasteiger partial charge in [0.2, 0.25) is 0 Å².